The number of amides is 1. The highest BCUT2D eigenvalue weighted by atomic mass is 16.5. The van der Waals surface area contributed by atoms with E-state index in [1.807, 2.05) is 6.07 Å². The van der Waals surface area contributed by atoms with E-state index in [4.69, 9.17) is 15.2 Å². The van der Waals surface area contributed by atoms with E-state index in [9.17, 15) is 24.3 Å². The second kappa shape index (κ2) is 11.1. The summed E-state index contributed by atoms with van der Waals surface area (Å²) in [7, 11) is 1.41. The van der Waals surface area contributed by atoms with Crippen LogP contribution in [0.4, 0.5) is 11.5 Å². The molecule has 0 spiro atoms. The van der Waals surface area contributed by atoms with Gasteiger partial charge in [-0.2, -0.15) is 0 Å². The molecule has 2 aromatic rings. The number of carbonyl (C=O) groups is 2. The van der Waals surface area contributed by atoms with Crippen molar-refractivity contribution in [2.75, 3.05) is 37.5 Å². The van der Waals surface area contributed by atoms with Gasteiger partial charge in [0.25, 0.3) is 11.5 Å². The lowest BCUT2D eigenvalue weighted by atomic mass is 10.2. The van der Waals surface area contributed by atoms with Crippen LogP contribution >= 0.6 is 0 Å². The molecule has 1 atom stereocenters. The van der Waals surface area contributed by atoms with Gasteiger partial charge < -0.3 is 20.3 Å². The molecule has 0 fully saturated rings. The van der Waals surface area contributed by atoms with Crippen LogP contribution < -0.4 is 21.9 Å². The molecule has 0 saturated heterocycles. The van der Waals surface area contributed by atoms with Crippen LogP contribution in [0.15, 0.2) is 39.9 Å². The molecule has 11 heteroatoms. The molecule has 1 heterocycles. The first-order chi connectivity index (χ1) is 14.8. The molecule has 1 aromatic carbocycles. The molecule has 11 nitrogen and oxygen atoms in total. The molecule has 0 bridgehead atoms. The van der Waals surface area contributed by atoms with Gasteiger partial charge in [0, 0.05) is 13.7 Å². The summed E-state index contributed by atoms with van der Waals surface area (Å²) < 4.78 is 10.9. The van der Waals surface area contributed by atoms with Crippen LogP contribution in [0.2, 0.25) is 0 Å². The van der Waals surface area contributed by atoms with Crippen molar-refractivity contribution in [1.82, 2.24) is 9.55 Å². The van der Waals surface area contributed by atoms with E-state index in [1.54, 1.807) is 31.2 Å². The quantitative estimate of drug-likeness (QED) is 0.421. The van der Waals surface area contributed by atoms with E-state index < -0.39 is 35.8 Å². The summed E-state index contributed by atoms with van der Waals surface area (Å²) in [6, 6.07) is 8.95. The Morgan fingerprint density at radius 2 is 1.94 bits per heavy atom. The lowest BCUT2D eigenvalue weighted by Gasteiger charge is -2.24. The number of aromatic amines is 1. The highest BCUT2D eigenvalue weighted by molar-refractivity contribution is 5.97. The third-order valence-corrected chi connectivity index (χ3v) is 4.48. The summed E-state index contributed by atoms with van der Waals surface area (Å²) in [5, 5.41) is 9.50. The van der Waals surface area contributed by atoms with Crippen molar-refractivity contribution < 1.29 is 24.2 Å². The molecule has 1 amide bonds. The average Bonchev–Trinajstić information content (AvgIpc) is 2.76. The van der Waals surface area contributed by atoms with E-state index >= 15 is 0 Å². The predicted molar refractivity (Wildman–Crippen MR) is 113 cm³/mol. The van der Waals surface area contributed by atoms with E-state index in [0.717, 1.165) is 15.0 Å². The summed E-state index contributed by atoms with van der Waals surface area (Å²) in [6.07, 6.45) is -1.24. The maximum absolute atomic E-state index is 12.7. The zero-order valence-electron chi connectivity index (χ0n) is 17.4. The van der Waals surface area contributed by atoms with Crippen LogP contribution in [0.1, 0.15) is 18.9 Å². The van der Waals surface area contributed by atoms with E-state index in [1.165, 1.54) is 7.11 Å². The van der Waals surface area contributed by atoms with Crippen molar-refractivity contribution in [2.24, 2.45) is 0 Å². The Morgan fingerprint density at radius 3 is 2.55 bits per heavy atom. The number of rotatable bonds is 10. The molecule has 0 radical (unpaired) electrons. The van der Waals surface area contributed by atoms with Crippen molar-refractivity contribution in [2.45, 2.75) is 26.0 Å². The molecule has 1 aromatic heterocycles. The number of ether oxygens (including phenoxy) is 2. The van der Waals surface area contributed by atoms with E-state index in [0.29, 0.717) is 0 Å². The fourth-order valence-corrected chi connectivity index (χ4v) is 2.78. The van der Waals surface area contributed by atoms with Gasteiger partial charge in [-0.25, -0.2) is 9.59 Å². The first kappa shape index (κ1) is 23.8. The van der Waals surface area contributed by atoms with Gasteiger partial charge in [0.1, 0.15) is 5.82 Å². The molecule has 0 saturated carbocycles. The van der Waals surface area contributed by atoms with Crippen LogP contribution in [-0.2, 0) is 25.6 Å². The van der Waals surface area contributed by atoms with Gasteiger partial charge in [0.15, 0.2) is 18.4 Å². The SMILES string of the molecule is CCC(O)C(=O)OCC(=O)N(CCOC)c1c(N)n(Cc2ccccc2)c(=O)[nH]c1=O. The molecule has 0 aliphatic carbocycles. The largest absolute Gasteiger partial charge is 0.454 e. The normalized spacial score (nSPS) is 11.7. The Balaban J connectivity index is 2.40. The van der Waals surface area contributed by atoms with Crippen LogP contribution in [0.25, 0.3) is 0 Å². The van der Waals surface area contributed by atoms with Crippen LogP contribution in [0, 0.1) is 0 Å². The number of benzene rings is 1. The second-order valence-corrected chi connectivity index (χ2v) is 6.63. The highest BCUT2D eigenvalue weighted by Crippen LogP contribution is 2.18. The number of hydrogen-bond acceptors (Lipinski definition) is 8. The van der Waals surface area contributed by atoms with Crippen molar-refractivity contribution >= 4 is 23.4 Å². The van der Waals surface area contributed by atoms with Crippen molar-refractivity contribution in [3.63, 3.8) is 0 Å². The lowest BCUT2D eigenvalue weighted by molar-refractivity contribution is -0.156. The molecule has 4 N–H and O–H groups in total. The fraction of sp³-hybridized carbons (Fsp3) is 0.400. The van der Waals surface area contributed by atoms with Crippen LogP contribution in [0.3, 0.4) is 0 Å². The zero-order valence-corrected chi connectivity index (χ0v) is 17.4. The third-order valence-electron chi connectivity index (χ3n) is 4.48. The minimum absolute atomic E-state index is 0.0496. The number of hydrogen-bond donors (Lipinski definition) is 3. The van der Waals surface area contributed by atoms with E-state index in [2.05, 4.69) is 4.98 Å². The van der Waals surface area contributed by atoms with E-state index in [-0.39, 0.29) is 37.6 Å². The predicted octanol–water partition coefficient (Wildman–Crippen LogP) is -0.539. The Bertz CT molecular complexity index is 1020. The van der Waals surface area contributed by atoms with Crippen LogP contribution in [-0.4, -0.2) is 59.5 Å². The molecule has 0 aliphatic heterocycles. The number of aromatic nitrogens is 2. The summed E-state index contributed by atoms with van der Waals surface area (Å²) >= 11 is 0. The van der Waals surface area contributed by atoms with Gasteiger partial charge in [-0.1, -0.05) is 37.3 Å². The number of aliphatic hydroxyl groups is 1. The van der Waals surface area contributed by atoms with Crippen LogP contribution in [0.5, 0.6) is 0 Å². The minimum atomic E-state index is -1.36. The summed E-state index contributed by atoms with van der Waals surface area (Å²) in [5.74, 6) is -1.95. The van der Waals surface area contributed by atoms with Crippen molar-refractivity contribution in [1.29, 1.82) is 0 Å². The van der Waals surface area contributed by atoms with Gasteiger partial charge in [-0.3, -0.25) is 24.0 Å². The number of H-pyrrole nitrogens is 1. The standard InChI is InChI=1S/C20H26N4O7/c1-3-14(25)19(28)31-12-15(26)23(9-10-30-2)16-17(21)24(20(29)22-18(16)27)11-13-7-5-4-6-8-13/h4-8,14,25H,3,9-12,21H2,1-2H3,(H,22,27,29). The Hall–Kier alpha value is -3.44. The first-order valence-electron chi connectivity index (χ1n) is 9.60. The molecule has 31 heavy (non-hydrogen) atoms. The topological polar surface area (TPSA) is 157 Å². The average molecular weight is 434 g/mol. The van der Waals surface area contributed by atoms with Gasteiger partial charge >= 0.3 is 11.7 Å². The monoisotopic (exact) mass is 434 g/mol. The lowest BCUT2D eigenvalue weighted by Crippen LogP contribution is -2.44. The number of nitrogens with one attached hydrogen (secondary N) is 1. The molecule has 1 unspecified atom stereocenters. The van der Waals surface area contributed by atoms with Gasteiger partial charge in [-0.05, 0) is 12.0 Å². The van der Waals surface area contributed by atoms with Gasteiger partial charge in [0.2, 0.25) is 0 Å². The molecule has 2 rings (SSSR count). The third kappa shape index (κ3) is 6.03. The van der Waals surface area contributed by atoms with Gasteiger partial charge in [-0.15, -0.1) is 0 Å². The zero-order chi connectivity index (χ0) is 23.0. The molecular weight excluding hydrogens is 408 g/mol. The fourth-order valence-electron chi connectivity index (χ4n) is 2.78. The Kier molecular flexibility index (Phi) is 8.53. The number of nitrogen functional groups attached to an aromatic ring is 1. The highest BCUT2D eigenvalue weighted by Gasteiger charge is 2.26. The van der Waals surface area contributed by atoms with Crippen molar-refractivity contribution in [3.8, 4) is 0 Å². The van der Waals surface area contributed by atoms with Gasteiger partial charge in [0.05, 0.1) is 13.2 Å². The number of methoxy groups -OCH3 is 1. The Morgan fingerprint density at radius 1 is 1.26 bits per heavy atom. The molecule has 168 valence electrons. The number of aliphatic hydroxyl groups excluding tert-OH is 1. The number of nitrogens with two attached hydrogens (primary N) is 1. The number of carbonyl (C=O) groups excluding carboxylic acids is 2. The number of anilines is 2. The smallest absolute Gasteiger partial charge is 0.335 e. The second-order valence-electron chi connectivity index (χ2n) is 6.63. The Labute approximate surface area is 178 Å². The molecular formula is C20H26N4O7. The molecule has 0 aliphatic rings. The maximum Gasteiger partial charge on any atom is 0.335 e. The summed E-state index contributed by atoms with van der Waals surface area (Å²) in [5.41, 5.74) is 5.03. The summed E-state index contributed by atoms with van der Waals surface area (Å²) in [4.78, 5) is 52.5. The van der Waals surface area contributed by atoms with Crippen molar-refractivity contribution in [3.05, 3.63) is 56.7 Å². The first-order valence-corrected chi connectivity index (χ1v) is 9.60. The maximum atomic E-state index is 12.7. The summed E-state index contributed by atoms with van der Waals surface area (Å²) in [6.45, 7) is 0.887. The minimum Gasteiger partial charge on any atom is -0.454 e. The number of nitrogens with zero attached hydrogens (tertiary/aromatic N) is 2. The number of esters is 1.